The Bertz CT molecular complexity index is 389. The van der Waals surface area contributed by atoms with Gasteiger partial charge in [-0.15, -0.1) is 0 Å². The van der Waals surface area contributed by atoms with Crippen molar-refractivity contribution in [1.29, 1.82) is 0 Å². The maximum Gasteiger partial charge on any atom is 0.132 e. The van der Waals surface area contributed by atoms with Crippen LogP contribution in [0.25, 0.3) is 0 Å². The number of rotatable bonds is 5. The third-order valence-corrected chi connectivity index (χ3v) is 3.85. The molecule has 1 aromatic heterocycles. The average Bonchev–Trinajstić information content (AvgIpc) is 2.48. The summed E-state index contributed by atoms with van der Waals surface area (Å²) in [5.74, 6) is 1.49. The molecule has 0 bridgehead atoms. The van der Waals surface area contributed by atoms with Crippen molar-refractivity contribution in [3.8, 4) is 0 Å². The lowest BCUT2D eigenvalue weighted by Crippen LogP contribution is -2.19. The summed E-state index contributed by atoms with van der Waals surface area (Å²) in [5, 5.41) is 0. The van der Waals surface area contributed by atoms with E-state index >= 15 is 0 Å². The van der Waals surface area contributed by atoms with Crippen LogP contribution in [-0.4, -0.2) is 29.7 Å². The van der Waals surface area contributed by atoms with Gasteiger partial charge < -0.3 is 10.5 Å². The minimum atomic E-state index is 0.469. The van der Waals surface area contributed by atoms with Crippen LogP contribution in [0.5, 0.6) is 0 Å². The van der Waals surface area contributed by atoms with Crippen molar-refractivity contribution in [1.82, 2.24) is 9.97 Å². The number of nitrogens with zero attached hydrogens (tertiary/aromatic N) is 2. The number of aromatic nitrogens is 2. The molecule has 0 unspecified atom stereocenters. The average molecular weight is 263 g/mol. The third-order valence-electron chi connectivity index (χ3n) is 3.85. The molecular weight excluding hydrogens is 238 g/mol. The van der Waals surface area contributed by atoms with Gasteiger partial charge in [0.25, 0.3) is 0 Å². The lowest BCUT2D eigenvalue weighted by atomic mass is 9.97. The summed E-state index contributed by atoms with van der Waals surface area (Å²) >= 11 is 0. The number of ether oxygens (including phenoxy) is 1. The van der Waals surface area contributed by atoms with Crippen molar-refractivity contribution in [2.45, 2.75) is 51.9 Å². The zero-order valence-corrected chi connectivity index (χ0v) is 12.1. The quantitative estimate of drug-likeness (QED) is 0.882. The van der Waals surface area contributed by atoms with E-state index in [0.29, 0.717) is 12.5 Å². The molecule has 0 radical (unpaired) electrons. The number of nitrogens with two attached hydrogens (primary N) is 1. The van der Waals surface area contributed by atoms with E-state index in [4.69, 9.17) is 20.4 Å². The predicted molar refractivity (Wildman–Crippen MR) is 76.3 cm³/mol. The normalized spacial score (nSPS) is 16.8. The molecule has 4 heteroatoms. The first-order chi connectivity index (χ1) is 9.30. The summed E-state index contributed by atoms with van der Waals surface area (Å²) < 4.78 is 5.42. The van der Waals surface area contributed by atoms with E-state index in [0.717, 1.165) is 51.1 Å². The van der Waals surface area contributed by atoms with Crippen LogP contribution in [0.4, 0.5) is 0 Å². The smallest absolute Gasteiger partial charge is 0.132 e. The standard InChI is InChI=1S/C15H25N3O/c1-3-13-12(5-8-16)14(4-2)18-15(17-13)11-6-9-19-10-7-11/h11H,3-10,16H2,1-2H3. The first-order valence-electron chi connectivity index (χ1n) is 7.46. The molecule has 106 valence electrons. The van der Waals surface area contributed by atoms with E-state index in [1.807, 2.05) is 0 Å². The molecule has 1 saturated heterocycles. The fourth-order valence-electron chi connectivity index (χ4n) is 2.76. The second-order valence-corrected chi connectivity index (χ2v) is 5.09. The van der Waals surface area contributed by atoms with Gasteiger partial charge in [-0.1, -0.05) is 13.8 Å². The van der Waals surface area contributed by atoms with Crippen LogP contribution < -0.4 is 5.73 Å². The fourth-order valence-corrected chi connectivity index (χ4v) is 2.76. The SMILES string of the molecule is CCc1nc(C2CCOCC2)nc(CC)c1CCN. The Morgan fingerprint density at radius 2 is 1.68 bits per heavy atom. The number of hydrogen-bond donors (Lipinski definition) is 1. The van der Waals surface area contributed by atoms with E-state index in [-0.39, 0.29) is 0 Å². The Morgan fingerprint density at radius 1 is 1.11 bits per heavy atom. The summed E-state index contributed by atoms with van der Waals surface area (Å²) in [7, 11) is 0. The van der Waals surface area contributed by atoms with E-state index in [1.54, 1.807) is 0 Å². The van der Waals surface area contributed by atoms with Gasteiger partial charge >= 0.3 is 0 Å². The Kier molecular flexibility index (Phi) is 5.28. The van der Waals surface area contributed by atoms with Crippen LogP contribution in [0, 0.1) is 0 Å². The lowest BCUT2D eigenvalue weighted by Gasteiger charge is -2.23. The topological polar surface area (TPSA) is 61.0 Å². The van der Waals surface area contributed by atoms with Crippen LogP contribution in [0.1, 0.15) is 55.4 Å². The molecule has 2 rings (SSSR count). The summed E-state index contributed by atoms with van der Waals surface area (Å²) in [6.07, 6.45) is 4.90. The molecule has 19 heavy (non-hydrogen) atoms. The first kappa shape index (κ1) is 14.4. The van der Waals surface area contributed by atoms with Gasteiger partial charge in [-0.25, -0.2) is 9.97 Å². The van der Waals surface area contributed by atoms with E-state index in [2.05, 4.69) is 13.8 Å². The van der Waals surface area contributed by atoms with Crippen molar-refractivity contribution in [3.05, 3.63) is 22.8 Å². The van der Waals surface area contributed by atoms with E-state index in [9.17, 15) is 0 Å². The number of aryl methyl sites for hydroxylation is 2. The van der Waals surface area contributed by atoms with Crippen LogP contribution in [0.15, 0.2) is 0 Å². The van der Waals surface area contributed by atoms with Crippen molar-refractivity contribution in [2.24, 2.45) is 5.73 Å². The molecule has 1 aromatic rings. The molecule has 0 saturated carbocycles. The molecule has 0 spiro atoms. The fraction of sp³-hybridized carbons (Fsp3) is 0.733. The molecule has 0 aromatic carbocycles. The molecule has 0 amide bonds. The highest BCUT2D eigenvalue weighted by molar-refractivity contribution is 5.27. The van der Waals surface area contributed by atoms with E-state index < -0.39 is 0 Å². The van der Waals surface area contributed by atoms with Crippen molar-refractivity contribution in [3.63, 3.8) is 0 Å². The summed E-state index contributed by atoms with van der Waals surface area (Å²) in [5.41, 5.74) is 9.38. The Balaban J connectivity index is 2.34. The molecule has 1 fully saturated rings. The second-order valence-electron chi connectivity index (χ2n) is 5.09. The highest BCUT2D eigenvalue weighted by Gasteiger charge is 2.21. The highest BCUT2D eigenvalue weighted by atomic mass is 16.5. The predicted octanol–water partition coefficient (Wildman–Crippen LogP) is 2.00. The molecule has 4 nitrogen and oxygen atoms in total. The zero-order valence-electron chi connectivity index (χ0n) is 12.1. The Hall–Kier alpha value is -1.00. The van der Waals surface area contributed by atoms with Crippen LogP contribution in [0.2, 0.25) is 0 Å². The lowest BCUT2D eigenvalue weighted by molar-refractivity contribution is 0.0834. The minimum Gasteiger partial charge on any atom is -0.381 e. The van der Waals surface area contributed by atoms with Gasteiger partial charge in [0.05, 0.1) is 0 Å². The molecule has 2 heterocycles. The molecular formula is C15H25N3O. The van der Waals surface area contributed by atoms with Gasteiger partial charge in [0.1, 0.15) is 5.82 Å². The van der Waals surface area contributed by atoms with Crippen LogP contribution in [-0.2, 0) is 24.0 Å². The minimum absolute atomic E-state index is 0.469. The third kappa shape index (κ3) is 3.31. The molecule has 1 aliphatic heterocycles. The van der Waals surface area contributed by atoms with Crippen molar-refractivity contribution in [2.75, 3.05) is 19.8 Å². The van der Waals surface area contributed by atoms with Gasteiger partial charge in [0.2, 0.25) is 0 Å². The van der Waals surface area contributed by atoms with Gasteiger partial charge in [0, 0.05) is 30.5 Å². The zero-order chi connectivity index (χ0) is 13.7. The molecule has 0 atom stereocenters. The highest BCUT2D eigenvalue weighted by Crippen LogP contribution is 2.26. The van der Waals surface area contributed by atoms with Gasteiger partial charge in [0.15, 0.2) is 0 Å². The molecule has 1 aliphatic rings. The second kappa shape index (κ2) is 6.96. The van der Waals surface area contributed by atoms with Gasteiger partial charge in [-0.2, -0.15) is 0 Å². The van der Waals surface area contributed by atoms with Crippen molar-refractivity contribution < 1.29 is 4.74 Å². The monoisotopic (exact) mass is 263 g/mol. The van der Waals surface area contributed by atoms with Crippen LogP contribution >= 0.6 is 0 Å². The summed E-state index contributed by atoms with van der Waals surface area (Å²) in [4.78, 5) is 9.64. The maximum absolute atomic E-state index is 5.72. The maximum atomic E-state index is 5.72. The van der Waals surface area contributed by atoms with Gasteiger partial charge in [-0.3, -0.25) is 0 Å². The first-order valence-corrected chi connectivity index (χ1v) is 7.46. The summed E-state index contributed by atoms with van der Waals surface area (Å²) in [6.45, 7) is 6.66. The van der Waals surface area contributed by atoms with Gasteiger partial charge in [-0.05, 0) is 44.2 Å². The van der Waals surface area contributed by atoms with E-state index in [1.165, 1.54) is 17.0 Å². The molecule has 0 aliphatic carbocycles. The van der Waals surface area contributed by atoms with Crippen LogP contribution in [0.3, 0.4) is 0 Å². The molecule has 2 N–H and O–H groups in total. The summed E-state index contributed by atoms with van der Waals surface area (Å²) in [6, 6.07) is 0. The largest absolute Gasteiger partial charge is 0.381 e. The van der Waals surface area contributed by atoms with Crippen molar-refractivity contribution >= 4 is 0 Å². The Labute approximate surface area is 115 Å². The Morgan fingerprint density at radius 3 is 2.16 bits per heavy atom. The number of hydrogen-bond acceptors (Lipinski definition) is 4.